The second-order valence-electron chi connectivity index (χ2n) is 4.28. The molecule has 0 saturated heterocycles. The van der Waals surface area contributed by atoms with Gasteiger partial charge in [0.15, 0.2) is 5.78 Å². The third-order valence-corrected chi connectivity index (χ3v) is 2.95. The zero-order chi connectivity index (χ0) is 13.0. The zero-order valence-corrected chi connectivity index (χ0v) is 10.6. The molecule has 0 fully saturated rings. The van der Waals surface area contributed by atoms with Crippen molar-refractivity contribution >= 4 is 5.78 Å². The lowest BCUT2D eigenvalue weighted by Crippen LogP contribution is -2.08. The molecule has 1 unspecified atom stereocenters. The van der Waals surface area contributed by atoms with E-state index in [9.17, 15) is 4.79 Å². The highest BCUT2D eigenvalue weighted by Crippen LogP contribution is 2.10. The first-order valence-electron chi connectivity index (χ1n) is 6.04. The van der Waals surface area contributed by atoms with E-state index in [2.05, 4.69) is 29.1 Å². The summed E-state index contributed by atoms with van der Waals surface area (Å²) in [6, 6.07) is 3.91. The average Bonchev–Trinajstić information content (AvgIpc) is 2.87. The lowest BCUT2D eigenvalue weighted by Gasteiger charge is -2.07. The number of hydrogen-bond acceptors (Lipinski definition) is 4. The third-order valence-electron chi connectivity index (χ3n) is 2.95. The molecule has 0 aromatic carbocycles. The summed E-state index contributed by atoms with van der Waals surface area (Å²) in [5.41, 5.74) is 1.36. The average molecular weight is 244 g/mol. The topological polar surface area (TPSA) is 60.7 Å². The van der Waals surface area contributed by atoms with Crippen molar-refractivity contribution in [3.05, 3.63) is 42.0 Å². The number of hydrogen-bond donors (Lipinski definition) is 0. The SMILES string of the molecule is CCC(C)n1ccc(CC(=O)c2ccnnc2)n1. The van der Waals surface area contributed by atoms with E-state index in [-0.39, 0.29) is 5.78 Å². The minimum Gasteiger partial charge on any atom is -0.294 e. The highest BCUT2D eigenvalue weighted by molar-refractivity contribution is 5.96. The number of ketones is 1. The molecule has 0 bridgehead atoms. The number of rotatable bonds is 5. The minimum atomic E-state index is 0.0132. The van der Waals surface area contributed by atoms with Crippen molar-refractivity contribution in [3.8, 4) is 0 Å². The number of aromatic nitrogens is 4. The quantitative estimate of drug-likeness (QED) is 0.755. The van der Waals surface area contributed by atoms with Crippen molar-refractivity contribution < 1.29 is 4.79 Å². The van der Waals surface area contributed by atoms with Gasteiger partial charge in [-0.3, -0.25) is 9.48 Å². The maximum Gasteiger partial charge on any atom is 0.170 e. The van der Waals surface area contributed by atoms with Gasteiger partial charge in [0.25, 0.3) is 0 Å². The van der Waals surface area contributed by atoms with Crippen molar-refractivity contribution in [2.24, 2.45) is 0 Å². The molecule has 18 heavy (non-hydrogen) atoms. The van der Waals surface area contributed by atoms with Crippen LogP contribution in [-0.2, 0) is 6.42 Å². The highest BCUT2D eigenvalue weighted by Gasteiger charge is 2.10. The molecule has 2 aromatic rings. The number of nitrogens with zero attached hydrogens (tertiary/aromatic N) is 4. The van der Waals surface area contributed by atoms with Gasteiger partial charge in [0.05, 0.1) is 24.5 Å². The molecule has 5 nitrogen and oxygen atoms in total. The van der Waals surface area contributed by atoms with Gasteiger partial charge in [-0.1, -0.05) is 6.92 Å². The Morgan fingerprint density at radius 1 is 1.39 bits per heavy atom. The second-order valence-corrected chi connectivity index (χ2v) is 4.28. The zero-order valence-electron chi connectivity index (χ0n) is 10.6. The van der Waals surface area contributed by atoms with E-state index in [0.29, 0.717) is 18.0 Å². The summed E-state index contributed by atoms with van der Waals surface area (Å²) in [4.78, 5) is 11.9. The summed E-state index contributed by atoms with van der Waals surface area (Å²) < 4.78 is 1.90. The van der Waals surface area contributed by atoms with Crippen molar-refractivity contribution in [1.29, 1.82) is 0 Å². The van der Waals surface area contributed by atoms with Gasteiger partial charge in [0.2, 0.25) is 0 Å². The van der Waals surface area contributed by atoms with Crippen LogP contribution >= 0.6 is 0 Å². The molecule has 0 amide bonds. The van der Waals surface area contributed by atoms with Gasteiger partial charge in [-0.2, -0.15) is 15.3 Å². The molecule has 0 saturated carbocycles. The van der Waals surface area contributed by atoms with E-state index in [1.54, 1.807) is 6.07 Å². The van der Waals surface area contributed by atoms with Crippen LogP contribution in [0.4, 0.5) is 0 Å². The maximum absolute atomic E-state index is 11.9. The van der Waals surface area contributed by atoms with Crippen LogP contribution < -0.4 is 0 Å². The summed E-state index contributed by atoms with van der Waals surface area (Å²) in [6.45, 7) is 4.21. The molecule has 94 valence electrons. The van der Waals surface area contributed by atoms with Crippen molar-refractivity contribution in [2.75, 3.05) is 0 Å². The lowest BCUT2D eigenvalue weighted by molar-refractivity contribution is 0.0991. The number of carbonyl (C=O) groups excluding carboxylic acids is 1. The molecule has 2 rings (SSSR count). The summed E-state index contributed by atoms with van der Waals surface area (Å²) >= 11 is 0. The fourth-order valence-electron chi connectivity index (χ4n) is 1.63. The van der Waals surface area contributed by atoms with Crippen molar-refractivity contribution in [1.82, 2.24) is 20.0 Å². The van der Waals surface area contributed by atoms with E-state index in [4.69, 9.17) is 0 Å². The Morgan fingerprint density at radius 3 is 2.89 bits per heavy atom. The molecular formula is C13H16N4O. The minimum absolute atomic E-state index is 0.0132. The molecule has 2 aromatic heterocycles. The molecule has 0 aliphatic rings. The van der Waals surface area contributed by atoms with Crippen LogP contribution in [0.5, 0.6) is 0 Å². The van der Waals surface area contributed by atoms with Crippen LogP contribution in [0.1, 0.15) is 42.4 Å². The van der Waals surface area contributed by atoms with Crippen molar-refractivity contribution in [2.45, 2.75) is 32.7 Å². The monoisotopic (exact) mass is 244 g/mol. The molecule has 0 N–H and O–H groups in total. The Kier molecular flexibility index (Phi) is 3.82. The van der Waals surface area contributed by atoms with Crippen LogP contribution in [0.25, 0.3) is 0 Å². The number of carbonyl (C=O) groups is 1. The Balaban J connectivity index is 2.06. The van der Waals surface area contributed by atoms with Gasteiger partial charge in [0.1, 0.15) is 0 Å². The molecule has 0 aliphatic heterocycles. The van der Waals surface area contributed by atoms with Crippen LogP contribution in [0.2, 0.25) is 0 Å². The van der Waals surface area contributed by atoms with Gasteiger partial charge < -0.3 is 0 Å². The molecule has 0 radical (unpaired) electrons. The molecule has 1 atom stereocenters. The van der Waals surface area contributed by atoms with Crippen molar-refractivity contribution in [3.63, 3.8) is 0 Å². The smallest absolute Gasteiger partial charge is 0.170 e. The molecular weight excluding hydrogens is 228 g/mol. The first-order valence-corrected chi connectivity index (χ1v) is 6.04. The Hall–Kier alpha value is -2.04. The van der Waals surface area contributed by atoms with Gasteiger partial charge in [-0.25, -0.2) is 0 Å². The van der Waals surface area contributed by atoms with Gasteiger partial charge >= 0.3 is 0 Å². The van der Waals surface area contributed by atoms with Gasteiger partial charge in [0, 0.05) is 17.8 Å². The molecule has 0 aliphatic carbocycles. The summed E-state index contributed by atoms with van der Waals surface area (Å²) in [6.07, 6.45) is 6.24. The molecule has 0 spiro atoms. The van der Waals surface area contributed by atoms with Crippen LogP contribution in [0.15, 0.2) is 30.7 Å². The second kappa shape index (κ2) is 5.53. The Labute approximate surface area is 106 Å². The van der Waals surface area contributed by atoms with E-state index in [1.807, 2.05) is 16.9 Å². The molecule has 5 heteroatoms. The Morgan fingerprint density at radius 2 is 2.22 bits per heavy atom. The predicted molar refractivity (Wildman–Crippen MR) is 67.3 cm³/mol. The van der Waals surface area contributed by atoms with Crippen LogP contribution in [-0.4, -0.2) is 25.8 Å². The fraction of sp³-hybridized carbons (Fsp3) is 0.385. The summed E-state index contributed by atoms with van der Waals surface area (Å²) in [5.74, 6) is 0.0132. The van der Waals surface area contributed by atoms with E-state index in [1.165, 1.54) is 12.4 Å². The van der Waals surface area contributed by atoms with Crippen LogP contribution in [0.3, 0.4) is 0 Å². The van der Waals surface area contributed by atoms with Gasteiger partial charge in [-0.15, -0.1) is 0 Å². The lowest BCUT2D eigenvalue weighted by atomic mass is 10.1. The van der Waals surface area contributed by atoms with Crippen LogP contribution in [0, 0.1) is 0 Å². The van der Waals surface area contributed by atoms with E-state index >= 15 is 0 Å². The fourth-order valence-corrected chi connectivity index (χ4v) is 1.63. The van der Waals surface area contributed by atoms with Gasteiger partial charge in [-0.05, 0) is 25.5 Å². The van der Waals surface area contributed by atoms with E-state index in [0.717, 1.165) is 12.1 Å². The largest absolute Gasteiger partial charge is 0.294 e. The Bertz CT molecular complexity index is 521. The standard InChI is InChI=1S/C13H16N4O/c1-3-10(2)17-7-5-12(16-17)8-13(18)11-4-6-14-15-9-11/h4-7,9-10H,3,8H2,1-2H3. The maximum atomic E-state index is 11.9. The highest BCUT2D eigenvalue weighted by atomic mass is 16.1. The first-order chi connectivity index (χ1) is 8.70. The number of Topliss-reactive ketones (excluding diaryl/α,β-unsaturated/α-hetero) is 1. The normalized spacial score (nSPS) is 12.3. The summed E-state index contributed by atoms with van der Waals surface area (Å²) in [5, 5.41) is 11.8. The third kappa shape index (κ3) is 2.80. The predicted octanol–water partition coefficient (Wildman–Crippen LogP) is 2.07. The van der Waals surface area contributed by atoms with E-state index < -0.39 is 0 Å². The first kappa shape index (κ1) is 12.4. The molecule has 2 heterocycles. The summed E-state index contributed by atoms with van der Waals surface area (Å²) in [7, 11) is 0.